The van der Waals surface area contributed by atoms with Gasteiger partial charge in [-0.15, -0.1) is 0 Å². The Morgan fingerprint density at radius 3 is 2.53 bits per heavy atom. The fourth-order valence-corrected chi connectivity index (χ4v) is 4.33. The lowest BCUT2D eigenvalue weighted by Crippen LogP contribution is -2.32. The smallest absolute Gasteiger partial charge is 0.165 e. The molecule has 0 radical (unpaired) electrons. The summed E-state index contributed by atoms with van der Waals surface area (Å²) >= 11 is 0. The Morgan fingerprint density at radius 1 is 1.23 bits per heavy atom. The summed E-state index contributed by atoms with van der Waals surface area (Å²) in [5.74, 6) is 0.241. The molecule has 0 saturated carbocycles. The molecule has 1 saturated heterocycles. The van der Waals surface area contributed by atoms with Gasteiger partial charge in [-0.2, -0.15) is 5.10 Å². The minimum Gasteiger partial charge on any atom is -0.778 e. The van der Waals surface area contributed by atoms with Crippen molar-refractivity contribution in [2.24, 2.45) is 0 Å². The molecule has 1 aliphatic heterocycles. The van der Waals surface area contributed by atoms with Crippen molar-refractivity contribution < 1.29 is 32.7 Å². The van der Waals surface area contributed by atoms with Crippen LogP contribution < -0.4 is 15.5 Å². The molecule has 14 heteroatoms. The molecular formula is C16H25N5O7P2-2. The maximum atomic E-state index is 12.3. The Morgan fingerprint density at radius 2 is 1.90 bits per heavy atom. The Balaban J connectivity index is 1.86. The first-order chi connectivity index (χ1) is 13.9. The molecule has 0 spiro atoms. The van der Waals surface area contributed by atoms with Crippen molar-refractivity contribution in [3.05, 3.63) is 12.5 Å². The quantitative estimate of drug-likeness (QED) is 0.555. The molecular weight excluding hydrogens is 436 g/mol. The van der Waals surface area contributed by atoms with Gasteiger partial charge < -0.3 is 38.4 Å². The zero-order chi connectivity index (χ0) is 22.3. The Hall–Kier alpha value is -1.39. The SMILES string of the molecule is CC(C)P(=O)([O-])OC[C@H]1O[C@@H](n2ncc3c(N)ncnc32)C[C@H]1OP(=O)([O-])C(C)C. The third kappa shape index (κ3) is 4.75. The first-order valence-corrected chi connectivity index (χ1v) is 12.7. The Labute approximate surface area is 173 Å². The highest BCUT2D eigenvalue weighted by Crippen LogP contribution is 2.49. The van der Waals surface area contributed by atoms with Crippen LogP contribution in [0.5, 0.6) is 0 Å². The average molecular weight is 461 g/mol. The molecule has 3 heterocycles. The van der Waals surface area contributed by atoms with E-state index in [1.54, 1.807) is 0 Å². The second-order valence-corrected chi connectivity index (χ2v) is 12.4. The summed E-state index contributed by atoms with van der Waals surface area (Å²) in [6, 6.07) is 0. The van der Waals surface area contributed by atoms with Crippen LogP contribution in [-0.4, -0.2) is 49.9 Å². The Bertz CT molecular complexity index is 998. The van der Waals surface area contributed by atoms with Crippen LogP contribution in [-0.2, 0) is 22.9 Å². The first-order valence-electron chi connectivity index (χ1n) is 9.46. The summed E-state index contributed by atoms with van der Waals surface area (Å²) in [7, 11) is -8.33. The van der Waals surface area contributed by atoms with Gasteiger partial charge in [-0.3, -0.25) is 0 Å². The van der Waals surface area contributed by atoms with Gasteiger partial charge in [-0.05, 0) is 0 Å². The van der Waals surface area contributed by atoms with Gasteiger partial charge in [0.2, 0.25) is 0 Å². The molecule has 12 nitrogen and oxygen atoms in total. The van der Waals surface area contributed by atoms with Gasteiger partial charge in [-0.25, -0.2) is 14.6 Å². The van der Waals surface area contributed by atoms with E-state index in [1.165, 1.54) is 44.9 Å². The van der Waals surface area contributed by atoms with E-state index in [4.69, 9.17) is 19.5 Å². The number of nitrogens with two attached hydrogens (primary N) is 1. The van der Waals surface area contributed by atoms with Gasteiger partial charge in [0.25, 0.3) is 0 Å². The zero-order valence-corrected chi connectivity index (χ0v) is 18.9. The number of anilines is 1. The van der Waals surface area contributed by atoms with Crippen LogP contribution in [0.2, 0.25) is 0 Å². The summed E-state index contributed by atoms with van der Waals surface area (Å²) in [5.41, 5.74) is 4.75. The van der Waals surface area contributed by atoms with Crippen molar-refractivity contribution in [2.75, 3.05) is 12.3 Å². The van der Waals surface area contributed by atoms with Crippen molar-refractivity contribution in [1.82, 2.24) is 19.7 Å². The summed E-state index contributed by atoms with van der Waals surface area (Å²) in [4.78, 5) is 32.4. The van der Waals surface area contributed by atoms with Crippen molar-refractivity contribution in [3.63, 3.8) is 0 Å². The van der Waals surface area contributed by atoms with Crippen molar-refractivity contribution in [3.8, 4) is 0 Å². The number of fused-ring (bicyclic) bond motifs is 1. The number of rotatable bonds is 8. The van der Waals surface area contributed by atoms with E-state index in [0.29, 0.717) is 11.0 Å². The highest BCUT2D eigenvalue weighted by molar-refractivity contribution is 7.52. The molecule has 0 bridgehead atoms. The number of nitrogen functional groups attached to an aromatic ring is 1. The summed E-state index contributed by atoms with van der Waals surface area (Å²) < 4.78 is 42.2. The summed E-state index contributed by atoms with van der Waals surface area (Å²) in [6.45, 7) is 5.60. The number of aromatic nitrogens is 4. The van der Waals surface area contributed by atoms with Crippen LogP contribution in [0.15, 0.2) is 12.5 Å². The molecule has 2 N–H and O–H groups in total. The maximum Gasteiger partial charge on any atom is 0.165 e. The number of ether oxygens (including phenoxy) is 1. The lowest BCUT2D eigenvalue weighted by Gasteiger charge is -2.33. The topological polar surface area (TPSA) is 178 Å². The molecule has 2 unspecified atom stereocenters. The third-order valence-corrected chi connectivity index (χ3v) is 8.44. The first kappa shape index (κ1) is 23.3. The van der Waals surface area contributed by atoms with Crippen LogP contribution >= 0.6 is 15.2 Å². The third-order valence-electron chi connectivity index (χ3n) is 4.84. The van der Waals surface area contributed by atoms with Gasteiger partial charge >= 0.3 is 0 Å². The van der Waals surface area contributed by atoms with Gasteiger partial charge in [0.05, 0.1) is 24.3 Å². The normalized spacial score (nSPS) is 26.3. The molecule has 2 aromatic heterocycles. The highest BCUT2D eigenvalue weighted by Gasteiger charge is 2.41. The van der Waals surface area contributed by atoms with E-state index in [9.17, 15) is 18.9 Å². The summed E-state index contributed by atoms with van der Waals surface area (Å²) in [6.07, 6.45) is 0.193. The van der Waals surface area contributed by atoms with E-state index >= 15 is 0 Å². The van der Waals surface area contributed by atoms with Gasteiger partial charge in [0.15, 0.2) is 11.9 Å². The van der Waals surface area contributed by atoms with Crippen LogP contribution in [0.3, 0.4) is 0 Å². The fourth-order valence-electron chi connectivity index (χ4n) is 2.84. The van der Waals surface area contributed by atoms with Crippen LogP contribution in [0, 0.1) is 0 Å². The molecule has 3 rings (SSSR count). The lowest BCUT2D eigenvalue weighted by atomic mass is 10.2. The summed E-state index contributed by atoms with van der Waals surface area (Å²) in [5, 5.41) is 4.74. The molecule has 0 aromatic carbocycles. The van der Waals surface area contributed by atoms with Crippen LogP contribution in [0.4, 0.5) is 5.82 Å². The molecule has 2 aromatic rings. The minimum atomic E-state index is -4.20. The molecule has 5 atom stereocenters. The molecule has 0 amide bonds. The second-order valence-electron chi connectivity index (χ2n) is 7.66. The van der Waals surface area contributed by atoms with E-state index in [2.05, 4.69) is 15.1 Å². The largest absolute Gasteiger partial charge is 0.778 e. The van der Waals surface area contributed by atoms with Gasteiger partial charge in [0, 0.05) is 17.7 Å². The maximum absolute atomic E-state index is 12.3. The predicted molar refractivity (Wildman–Crippen MR) is 105 cm³/mol. The van der Waals surface area contributed by atoms with Crippen molar-refractivity contribution in [2.45, 2.75) is 63.9 Å². The highest BCUT2D eigenvalue weighted by atomic mass is 31.2. The Kier molecular flexibility index (Phi) is 6.69. The zero-order valence-electron chi connectivity index (χ0n) is 17.1. The van der Waals surface area contributed by atoms with E-state index in [1.807, 2.05) is 0 Å². The van der Waals surface area contributed by atoms with E-state index in [-0.39, 0.29) is 18.8 Å². The second kappa shape index (κ2) is 8.63. The van der Waals surface area contributed by atoms with E-state index in [0.717, 1.165) is 0 Å². The fraction of sp³-hybridized carbons (Fsp3) is 0.688. The minimum absolute atomic E-state index is 0.0957. The van der Waals surface area contributed by atoms with Crippen LogP contribution in [0.25, 0.3) is 11.0 Å². The lowest BCUT2D eigenvalue weighted by molar-refractivity contribution is -0.209. The van der Waals surface area contributed by atoms with Crippen LogP contribution in [0.1, 0.15) is 40.3 Å². The predicted octanol–water partition coefficient (Wildman–Crippen LogP) is 1.02. The molecule has 1 fully saturated rings. The van der Waals surface area contributed by atoms with Gasteiger partial charge in [0.1, 0.15) is 33.4 Å². The number of hydrogen-bond acceptors (Lipinski definition) is 11. The molecule has 30 heavy (non-hydrogen) atoms. The number of hydrogen-bond donors (Lipinski definition) is 1. The molecule has 0 aliphatic carbocycles. The average Bonchev–Trinajstić information content (AvgIpc) is 3.24. The van der Waals surface area contributed by atoms with E-state index < -0.39 is 44.9 Å². The monoisotopic (exact) mass is 461 g/mol. The van der Waals surface area contributed by atoms with Crippen molar-refractivity contribution >= 4 is 32.0 Å². The number of nitrogens with zero attached hydrogens (tertiary/aromatic N) is 4. The molecule has 1 aliphatic rings. The van der Waals surface area contributed by atoms with Gasteiger partial charge in [-0.1, -0.05) is 27.7 Å². The molecule has 168 valence electrons. The standard InChI is InChI=1S/C16H27N5O7P2/c1-9(2)29(22,23)26-7-13-12(28-30(24,25)10(3)4)5-14(27-13)21-16-11(6-20-21)15(17)18-8-19-16/h6,8-10,12-14H,5,7H2,1-4H3,(H,22,23)(H,24,25)(H2,17,18,19)/p-2/t12-,13-,14-/m1/s1. The van der Waals surface area contributed by atoms with Crippen molar-refractivity contribution in [1.29, 1.82) is 0 Å².